The van der Waals surface area contributed by atoms with Gasteiger partial charge < -0.3 is 9.80 Å². The Morgan fingerprint density at radius 1 is 1.12 bits per heavy atom. The van der Waals surface area contributed by atoms with Crippen LogP contribution in [-0.2, 0) is 10.0 Å². The van der Waals surface area contributed by atoms with Gasteiger partial charge in [0, 0.05) is 25.8 Å². The molecule has 2 heterocycles. The van der Waals surface area contributed by atoms with Gasteiger partial charge in [-0.15, -0.1) is 0 Å². The Kier molecular flexibility index (Phi) is 5.17. The maximum absolute atomic E-state index is 13.1. The molecule has 1 aromatic heterocycles. The molecule has 2 aromatic rings. The summed E-state index contributed by atoms with van der Waals surface area (Å²) in [4.78, 5) is 8.39. The number of benzene rings is 1. The van der Waals surface area contributed by atoms with Crippen LogP contribution in [0.2, 0.25) is 5.15 Å². The summed E-state index contributed by atoms with van der Waals surface area (Å²) < 4.78 is 27.6. The number of likely N-dealkylation sites (N-methyl/N-ethyl adjacent to an activating group) is 1. The van der Waals surface area contributed by atoms with Crippen molar-refractivity contribution in [3.63, 3.8) is 0 Å². The Morgan fingerprint density at radius 2 is 1.84 bits per heavy atom. The molecule has 8 heteroatoms. The number of para-hydroxylation sites is 2. The van der Waals surface area contributed by atoms with Gasteiger partial charge in [-0.05, 0) is 38.4 Å². The third-order valence-electron chi connectivity index (χ3n) is 4.17. The zero-order chi connectivity index (χ0) is 18.0. The Labute approximate surface area is 153 Å². The van der Waals surface area contributed by atoms with Crippen LogP contribution in [0.4, 0.5) is 11.4 Å². The number of anilines is 2. The van der Waals surface area contributed by atoms with E-state index < -0.39 is 10.0 Å². The molecule has 0 amide bonds. The first-order valence-corrected chi connectivity index (χ1v) is 9.84. The number of sulfonamides is 1. The SMILES string of the molecule is CN(C)CCN1CCN(S(=O)(=O)c2ccc(Cl)nc2)c2ccccc21. The summed E-state index contributed by atoms with van der Waals surface area (Å²) >= 11 is 5.78. The number of pyridine rings is 1. The summed E-state index contributed by atoms with van der Waals surface area (Å²) in [5, 5.41) is 0.271. The third-order valence-corrected chi connectivity index (χ3v) is 6.19. The molecule has 0 radical (unpaired) electrons. The minimum Gasteiger partial charge on any atom is -0.367 e. The minimum atomic E-state index is -3.67. The lowest BCUT2D eigenvalue weighted by Crippen LogP contribution is -2.45. The van der Waals surface area contributed by atoms with Crippen LogP contribution < -0.4 is 9.21 Å². The Hall–Kier alpha value is -1.83. The molecule has 6 nitrogen and oxygen atoms in total. The van der Waals surface area contributed by atoms with Crippen molar-refractivity contribution in [2.24, 2.45) is 0 Å². The highest BCUT2D eigenvalue weighted by Crippen LogP contribution is 2.36. The van der Waals surface area contributed by atoms with Crippen LogP contribution in [0.3, 0.4) is 0 Å². The van der Waals surface area contributed by atoms with E-state index in [0.29, 0.717) is 18.8 Å². The smallest absolute Gasteiger partial charge is 0.265 e. The summed E-state index contributed by atoms with van der Waals surface area (Å²) in [5.74, 6) is 0. The largest absolute Gasteiger partial charge is 0.367 e. The molecule has 25 heavy (non-hydrogen) atoms. The zero-order valence-electron chi connectivity index (χ0n) is 14.3. The van der Waals surface area contributed by atoms with Gasteiger partial charge in [-0.2, -0.15) is 0 Å². The van der Waals surface area contributed by atoms with Crippen LogP contribution in [0.1, 0.15) is 0 Å². The number of aromatic nitrogens is 1. The van der Waals surface area contributed by atoms with Crippen molar-refractivity contribution in [1.29, 1.82) is 0 Å². The number of rotatable bonds is 5. The average Bonchev–Trinajstić information content (AvgIpc) is 2.59. The first-order valence-electron chi connectivity index (χ1n) is 8.02. The first kappa shape index (κ1) is 18.0. The monoisotopic (exact) mass is 380 g/mol. The maximum Gasteiger partial charge on any atom is 0.265 e. The van der Waals surface area contributed by atoms with E-state index in [9.17, 15) is 8.42 Å². The summed E-state index contributed by atoms with van der Waals surface area (Å²) in [5.41, 5.74) is 1.63. The van der Waals surface area contributed by atoms with Crippen LogP contribution in [0, 0.1) is 0 Å². The first-order chi connectivity index (χ1) is 11.9. The predicted octanol–water partition coefficient (Wildman–Crippen LogP) is 2.31. The summed E-state index contributed by atoms with van der Waals surface area (Å²) in [6.07, 6.45) is 1.30. The quantitative estimate of drug-likeness (QED) is 0.745. The van der Waals surface area contributed by atoms with Gasteiger partial charge in [-0.25, -0.2) is 13.4 Å². The van der Waals surface area contributed by atoms with Crippen molar-refractivity contribution in [2.75, 3.05) is 49.5 Å². The van der Waals surface area contributed by atoms with E-state index in [0.717, 1.165) is 18.8 Å². The van der Waals surface area contributed by atoms with E-state index in [1.54, 1.807) is 0 Å². The lowest BCUT2D eigenvalue weighted by Gasteiger charge is -2.38. The van der Waals surface area contributed by atoms with Gasteiger partial charge in [-0.1, -0.05) is 23.7 Å². The van der Waals surface area contributed by atoms with Crippen molar-refractivity contribution in [1.82, 2.24) is 9.88 Å². The van der Waals surface area contributed by atoms with E-state index in [1.807, 2.05) is 38.4 Å². The molecule has 0 atom stereocenters. The van der Waals surface area contributed by atoms with Crippen molar-refractivity contribution in [3.05, 3.63) is 47.7 Å². The van der Waals surface area contributed by atoms with Gasteiger partial charge in [0.2, 0.25) is 0 Å². The summed E-state index contributed by atoms with van der Waals surface area (Å²) in [6, 6.07) is 10.6. The van der Waals surface area contributed by atoms with Crippen LogP contribution >= 0.6 is 11.6 Å². The molecule has 3 rings (SSSR count). The molecule has 0 bridgehead atoms. The Bertz CT molecular complexity index is 840. The molecule has 1 aliphatic heterocycles. The minimum absolute atomic E-state index is 0.147. The molecule has 0 saturated carbocycles. The fourth-order valence-electron chi connectivity index (χ4n) is 2.84. The van der Waals surface area contributed by atoms with Gasteiger partial charge in [0.15, 0.2) is 0 Å². The number of halogens is 1. The summed E-state index contributed by atoms with van der Waals surface area (Å²) in [7, 11) is 0.384. The van der Waals surface area contributed by atoms with Crippen LogP contribution in [0.25, 0.3) is 0 Å². The van der Waals surface area contributed by atoms with E-state index in [2.05, 4.69) is 14.8 Å². The summed E-state index contributed by atoms with van der Waals surface area (Å²) in [6.45, 7) is 2.79. The average molecular weight is 381 g/mol. The van der Waals surface area contributed by atoms with Gasteiger partial charge in [0.1, 0.15) is 10.0 Å². The van der Waals surface area contributed by atoms with Gasteiger partial charge in [0.25, 0.3) is 10.0 Å². The maximum atomic E-state index is 13.1. The number of fused-ring (bicyclic) bond motifs is 1. The fourth-order valence-corrected chi connectivity index (χ4v) is 4.37. The third kappa shape index (κ3) is 3.73. The van der Waals surface area contributed by atoms with Gasteiger partial charge in [0.05, 0.1) is 17.9 Å². The van der Waals surface area contributed by atoms with Crippen LogP contribution in [-0.4, -0.2) is 58.6 Å². The molecule has 134 valence electrons. The van der Waals surface area contributed by atoms with Crippen LogP contribution in [0.15, 0.2) is 47.5 Å². The second kappa shape index (κ2) is 7.19. The number of nitrogens with zero attached hydrogens (tertiary/aromatic N) is 4. The molecule has 1 aromatic carbocycles. The van der Waals surface area contributed by atoms with Crippen LogP contribution in [0.5, 0.6) is 0 Å². The van der Waals surface area contributed by atoms with E-state index in [1.165, 1.54) is 22.6 Å². The number of hydrogen-bond acceptors (Lipinski definition) is 5. The van der Waals surface area contributed by atoms with Gasteiger partial charge >= 0.3 is 0 Å². The highest BCUT2D eigenvalue weighted by molar-refractivity contribution is 7.92. The van der Waals surface area contributed by atoms with E-state index >= 15 is 0 Å². The Balaban J connectivity index is 1.95. The molecule has 0 saturated heterocycles. The predicted molar refractivity (Wildman–Crippen MR) is 101 cm³/mol. The zero-order valence-corrected chi connectivity index (χ0v) is 15.8. The van der Waals surface area contributed by atoms with Gasteiger partial charge in [-0.3, -0.25) is 4.31 Å². The molecular weight excluding hydrogens is 360 g/mol. The second-order valence-corrected chi connectivity index (χ2v) is 8.42. The fraction of sp³-hybridized carbons (Fsp3) is 0.353. The number of hydrogen-bond donors (Lipinski definition) is 0. The molecule has 0 spiro atoms. The molecule has 0 aliphatic carbocycles. The molecule has 0 unspecified atom stereocenters. The van der Waals surface area contributed by atoms with Crippen molar-refractivity contribution in [3.8, 4) is 0 Å². The second-order valence-electron chi connectivity index (χ2n) is 6.17. The molecule has 0 N–H and O–H groups in total. The molecule has 1 aliphatic rings. The molecule has 0 fully saturated rings. The lowest BCUT2D eigenvalue weighted by molar-refractivity contribution is 0.413. The van der Waals surface area contributed by atoms with Crippen molar-refractivity contribution in [2.45, 2.75) is 4.90 Å². The molecular formula is C17H21ClN4O2S. The lowest BCUT2D eigenvalue weighted by atomic mass is 10.2. The van der Waals surface area contributed by atoms with Crippen molar-refractivity contribution >= 4 is 33.0 Å². The highest BCUT2D eigenvalue weighted by Gasteiger charge is 2.31. The van der Waals surface area contributed by atoms with E-state index in [4.69, 9.17) is 11.6 Å². The normalized spacial score (nSPS) is 14.7. The van der Waals surface area contributed by atoms with Crippen molar-refractivity contribution < 1.29 is 8.42 Å². The topological polar surface area (TPSA) is 56.8 Å². The van der Waals surface area contributed by atoms with E-state index in [-0.39, 0.29) is 10.0 Å². The highest BCUT2D eigenvalue weighted by atomic mass is 35.5. The standard InChI is InChI=1S/C17H21ClN4O2S/c1-20(2)9-10-21-11-12-22(16-6-4-3-5-15(16)21)25(23,24)14-7-8-17(18)19-13-14/h3-8,13H,9-12H2,1-2H3. The Morgan fingerprint density at radius 3 is 2.48 bits per heavy atom.